The molecule has 0 aromatic rings. The van der Waals surface area contributed by atoms with E-state index in [0.29, 0.717) is 13.2 Å². The fourth-order valence-corrected chi connectivity index (χ4v) is 1.74. The fourth-order valence-electron chi connectivity index (χ4n) is 1.74. The molecule has 0 aromatic carbocycles. The number of allylic oxidation sites excluding steroid dienone is 2. The second-order valence-corrected chi connectivity index (χ2v) is 6.46. The zero-order valence-corrected chi connectivity index (χ0v) is 12.6. The number of hydrogen-bond acceptors (Lipinski definition) is 2. The molecule has 0 bridgehead atoms. The van der Waals surface area contributed by atoms with E-state index in [-0.39, 0.29) is 10.8 Å². The first-order valence-electron chi connectivity index (χ1n) is 6.79. The van der Waals surface area contributed by atoms with E-state index < -0.39 is 0 Å². The van der Waals surface area contributed by atoms with Crippen LogP contribution in [0.5, 0.6) is 0 Å². The molecule has 0 saturated carbocycles. The minimum Gasteiger partial charge on any atom is -0.237 e. The van der Waals surface area contributed by atoms with Crippen molar-refractivity contribution in [3.63, 3.8) is 0 Å². The van der Waals surface area contributed by atoms with Crippen LogP contribution in [-0.2, 0) is 9.78 Å². The first-order valence-corrected chi connectivity index (χ1v) is 6.79. The van der Waals surface area contributed by atoms with Crippen LogP contribution in [0.1, 0.15) is 53.4 Å². The van der Waals surface area contributed by atoms with E-state index in [1.807, 2.05) is 12.2 Å². The Morgan fingerprint density at radius 2 is 1.11 bits per heavy atom. The van der Waals surface area contributed by atoms with Crippen LogP contribution >= 0.6 is 0 Å². The highest BCUT2D eigenvalue weighted by molar-refractivity contribution is 4.80. The molecule has 106 valence electrons. The van der Waals surface area contributed by atoms with E-state index in [1.54, 1.807) is 0 Å². The molecule has 0 radical (unpaired) electrons. The Balaban J connectivity index is 3.57. The highest BCUT2D eigenvalue weighted by Gasteiger charge is 2.17. The van der Waals surface area contributed by atoms with Crippen molar-refractivity contribution in [3.8, 4) is 0 Å². The van der Waals surface area contributed by atoms with Crippen LogP contribution in [0.3, 0.4) is 0 Å². The Hall–Kier alpha value is -0.600. The Kier molecular flexibility index (Phi) is 8.21. The Bertz CT molecular complexity index is 215. The standard InChI is InChI=1S/C16H30O2/c1-7-9-15(3,4)11-13-17-18-14-12-16(5,6)10-8-2/h7-8H,1-2,9-14H2,3-6H3. The molecule has 0 aliphatic heterocycles. The SMILES string of the molecule is C=CCC(C)(C)CCOOCCC(C)(C)CC=C. The first kappa shape index (κ1) is 17.4. The van der Waals surface area contributed by atoms with Gasteiger partial charge in [0.05, 0.1) is 13.2 Å². The van der Waals surface area contributed by atoms with Crippen molar-refractivity contribution in [2.45, 2.75) is 53.4 Å². The lowest BCUT2D eigenvalue weighted by Gasteiger charge is -2.23. The van der Waals surface area contributed by atoms with Gasteiger partial charge in [-0.2, -0.15) is 0 Å². The van der Waals surface area contributed by atoms with Gasteiger partial charge in [-0.15, -0.1) is 13.2 Å². The summed E-state index contributed by atoms with van der Waals surface area (Å²) in [6.07, 6.45) is 7.88. The molecule has 0 saturated heterocycles. The number of rotatable bonds is 11. The van der Waals surface area contributed by atoms with Gasteiger partial charge in [0.25, 0.3) is 0 Å². The maximum Gasteiger partial charge on any atom is 0.0827 e. The molecular weight excluding hydrogens is 224 g/mol. The lowest BCUT2D eigenvalue weighted by molar-refractivity contribution is -0.300. The molecule has 18 heavy (non-hydrogen) atoms. The van der Waals surface area contributed by atoms with Crippen molar-refractivity contribution in [2.75, 3.05) is 13.2 Å². The minimum absolute atomic E-state index is 0.243. The Morgan fingerprint density at radius 1 is 0.778 bits per heavy atom. The summed E-state index contributed by atoms with van der Waals surface area (Å²) in [5.74, 6) is 0. The molecule has 0 aromatic heterocycles. The molecule has 0 unspecified atom stereocenters. The zero-order chi connectivity index (χ0) is 14.1. The van der Waals surface area contributed by atoms with Gasteiger partial charge in [0.15, 0.2) is 0 Å². The summed E-state index contributed by atoms with van der Waals surface area (Å²) < 4.78 is 0. The van der Waals surface area contributed by atoms with Crippen LogP contribution < -0.4 is 0 Å². The van der Waals surface area contributed by atoms with Gasteiger partial charge in [-0.3, -0.25) is 0 Å². The predicted molar refractivity (Wildman–Crippen MR) is 78.3 cm³/mol. The molecule has 0 N–H and O–H groups in total. The van der Waals surface area contributed by atoms with E-state index >= 15 is 0 Å². The average Bonchev–Trinajstić information content (AvgIpc) is 2.22. The third-order valence-electron chi connectivity index (χ3n) is 3.20. The van der Waals surface area contributed by atoms with Crippen LogP contribution in [0.25, 0.3) is 0 Å². The third-order valence-corrected chi connectivity index (χ3v) is 3.20. The van der Waals surface area contributed by atoms with Crippen molar-refractivity contribution in [1.29, 1.82) is 0 Å². The molecule has 0 aliphatic rings. The van der Waals surface area contributed by atoms with Crippen molar-refractivity contribution in [2.24, 2.45) is 10.8 Å². The van der Waals surface area contributed by atoms with Crippen LogP contribution in [0, 0.1) is 10.8 Å². The molecule has 0 heterocycles. The topological polar surface area (TPSA) is 18.5 Å². The summed E-state index contributed by atoms with van der Waals surface area (Å²) in [5, 5.41) is 0. The van der Waals surface area contributed by atoms with Crippen LogP contribution in [0.15, 0.2) is 25.3 Å². The van der Waals surface area contributed by atoms with Crippen LogP contribution in [-0.4, -0.2) is 13.2 Å². The van der Waals surface area contributed by atoms with Gasteiger partial charge in [-0.05, 0) is 36.5 Å². The van der Waals surface area contributed by atoms with E-state index in [1.165, 1.54) is 0 Å². The van der Waals surface area contributed by atoms with Gasteiger partial charge in [-0.1, -0.05) is 39.8 Å². The maximum atomic E-state index is 5.23. The summed E-state index contributed by atoms with van der Waals surface area (Å²) >= 11 is 0. The van der Waals surface area contributed by atoms with Crippen molar-refractivity contribution in [1.82, 2.24) is 0 Å². The average molecular weight is 254 g/mol. The van der Waals surface area contributed by atoms with Gasteiger partial charge in [0.2, 0.25) is 0 Å². The lowest BCUT2D eigenvalue weighted by atomic mass is 9.86. The summed E-state index contributed by atoms with van der Waals surface area (Å²) in [6.45, 7) is 17.7. The highest BCUT2D eigenvalue weighted by atomic mass is 17.2. The Labute approximate surface area is 113 Å². The lowest BCUT2D eigenvalue weighted by Crippen LogP contribution is -2.16. The van der Waals surface area contributed by atoms with Crippen molar-refractivity contribution >= 4 is 0 Å². The summed E-state index contributed by atoms with van der Waals surface area (Å²) in [6, 6.07) is 0. The van der Waals surface area contributed by atoms with E-state index in [9.17, 15) is 0 Å². The van der Waals surface area contributed by atoms with Crippen molar-refractivity contribution in [3.05, 3.63) is 25.3 Å². The molecule has 0 amide bonds. The molecule has 2 heteroatoms. The van der Waals surface area contributed by atoms with Gasteiger partial charge in [0, 0.05) is 0 Å². The molecule has 0 fully saturated rings. The quantitative estimate of drug-likeness (QED) is 0.225. The van der Waals surface area contributed by atoms with E-state index in [4.69, 9.17) is 9.78 Å². The van der Waals surface area contributed by atoms with Gasteiger partial charge >= 0.3 is 0 Å². The zero-order valence-electron chi connectivity index (χ0n) is 12.6. The normalized spacial score (nSPS) is 12.4. The van der Waals surface area contributed by atoms with Gasteiger partial charge in [-0.25, -0.2) is 9.78 Å². The Morgan fingerprint density at radius 3 is 1.39 bits per heavy atom. The van der Waals surface area contributed by atoms with Crippen LogP contribution in [0.2, 0.25) is 0 Å². The number of hydrogen-bond donors (Lipinski definition) is 0. The molecule has 0 aliphatic carbocycles. The largest absolute Gasteiger partial charge is 0.237 e. The molecule has 0 atom stereocenters. The minimum atomic E-state index is 0.243. The summed E-state index contributed by atoms with van der Waals surface area (Å²) in [4.78, 5) is 10.5. The van der Waals surface area contributed by atoms with Gasteiger partial charge < -0.3 is 0 Å². The monoisotopic (exact) mass is 254 g/mol. The highest BCUT2D eigenvalue weighted by Crippen LogP contribution is 2.26. The van der Waals surface area contributed by atoms with Gasteiger partial charge in [0.1, 0.15) is 0 Å². The summed E-state index contributed by atoms with van der Waals surface area (Å²) in [7, 11) is 0. The smallest absolute Gasteiger partial charge is 0.0827 e. The van der Waals surface area contributed by atoms with E-state index in [0.717, 1.165) is 25.7 Å². The maximum absolute atomic E-state index is 5.23. The first-order chi connectivity index (χ1) is 8.33. The third kappa shape index (κ3) is 9.43. The second kappa shape index (κ2) is 8.49. The molecule has 0 rings (SSSR count). The second-order valence-electron chi connectivity index (χ2n) is 6.46. The predicted octanol–water partition coefficient (Wildman–Crippen LogP) is 4.92. The fraction of sp³-hybridized carbons (Fsp3) is 0.750. The molecule has 0 spiro atoms. The molecule has 2 nitrogen and oxygen atoms in total. The molecular formula is C16H30O2. The van der Waals surface area contributed by atoms with Crippen LogP contribution in [0.4, 0.5) is 0 Å². The van der Waals surface area contributed by atoms with E-state index in [2.05, 4.69) is 40.9 Å². The summed E-state index contributed by atoms with van der Waals surface area (Å²) in [5.41, 5.74) is 0.487. The van der Waals surface area contributed by atoms with Crippen molar-refractivity contribution < 1.29 is 9.78 Å².